The monoisotopic (exact) mass is 287 g/mol. The molecular formula is C14H13N3O2S. The molecule has 2 unspecified atom stereocenters. The summed E-state index contributed by atoms with van der Waals surface area (Å²) in [6, 6.07) is 0. The molecule has 0 aromatic carbocycles. The smallest absolute Gasteiger partial charge is 0.264 e. The minimum Gasteiger partial charge on any atom is -0.489 e. The van der Waals surface area contributed by atoms with Gasteiger partial charge in [0.1, 0.15) is 17.1 Å². The molecule has 3 aliphatic heterocycles. The number of carbonyl (C=O) groups is 1. The predicted molar refractivity (Wildman–Crippen MR) is 77.2 cm³/mol. The van der Waals surface area contributed by atoms with E-state index < -0.39 is 0 Å². The van der Waals surface area contributed by atoms with Crippen molar-refractivity contribution in [3.63, 3.8) is 0 Å². The molecule has 0 aliphatic carbocycles. The highest BCUT2D eigenvalue weighted by molar-refractivity contribution is 8.10. The number of hydrogen-bond donors (Lipinski definition) is 1. The van der Waals surface area contributed by atoms with E-state index in [9.17, 15) is 4.79 Å². The zero-order valence-electron chi connectivity index (χ0n) is 11.1. The van der Waals surface area contributed by atoms with Gasteiger partial charge in [0.15, 0.2) is 0 Å². The lowest BCUT2D eigenvalue weighted by Crippen LogP contribution is -2.30. The number of carbonyl (C=O) groups excluding carboxylic acids is 1. The number of ether oxygens (including phenoxy) is 1. The van der Waals surface area contributed by atoms with Gasteiger partial charge in [-0.15, -0.1) is 11.8 Å². The Kier molecular flexibility index (Phi) is 2.44. The van der Waals surface area contributed by atoms with Crippen LogP contribution in [0.15, 0.2) is 34.3 Å². The largest absolute Gasteiger partial charge is 0.489 e. The van der Waals surface area contributed by atoms with Crippen LogP contribution in [-0.4, -0.2) is 33.2 Å². The summed E-state index contributed by atoms with van der Waals surface area (Å²) in [6.07, 6.45) is 4.50. The first-order valence-corrected chi connectivity index (χ1v) is 7.42. The number of H-pyrrole nitrogens is 1. The van der Waals surface area contributed by atoms with Crippen LogP contribution in [0.4, 0.5) is 0 Å². The summed E-state index contributed by atoms with van der Waals surface area (Å²) in [4.78, 5) is 17.3. The van der Waals surface area contributed by atoms with Crippen LogP contribution in [-0.2, 0) is 9.53 Å². The third kappa shape index (κ3) is 1.54. The topological polar surface area (TPSA) is 67.3 Å². The Bertz CT molecular complexity index is 700. The van der Waals surface area contributed by atoms with Gasteiger partial charge >= 0.3 is 0 Å². The molecule has 0 fully saturated rings. The molecule has 4 rings (SSSR count). The van der Waals surface area contributed by atoms with Crippen LogP contribution in [0.5, 0.6) is 0 Å². The van der Waals surface area contributed by atoms with Crippen molar-refractivity contribution in [3.05, 3.63) is 34.9 Å². The molecule has 5 nitrogen and oxygen atoms in total. The summed E-state index contributed by atoms with van der Waals surface area (Å²) in [5.41, 5.74) is 4.00. The molecule has 0 saturated heterocycles. The minimum absolute atomic E-state index is 0.0830. The fourth-order valence-corrected chi connectivity index (χ4v) is 4.18. The molecule has 1 aromatic rings. The average molecular weight is 287 g/mol. The van der Waals surface area contributed by atoms with Crippen molar-refractivity contribution in [2.45, 2.75) is 31.6 Å². The van der Waals surface area contributed by atoms with Crippen LogP contribution in [0.25, 0.3) is 4.91 Å². The van der Waals surface area contributed by atoms with E-state index in [-0.39, 0.29) is 17.3 Å². The van der Waals surface area contributed by atoms with Gasteiger partial charge in [-0.05, 0) is 19.4 Å². The SMILES string of the molecule is CC1=NC(=O)C2SC(c3cn[nH]c3)=C3OC(C)CC1=C32. The Hall–Kier alpha value is -1.82. The number of aromatic amines is 1. The number of nitrogens with one attached hydrogen (secondary N) is 1. The molecule has 102 valence electrons. The first kappa shape index (κ1) is 12.0. The molecule has 3 aliphatic rings. The van der Waals surface area contributed by atoms with Crippen LogP contribution < -0.4 is 0 Å². The normalized spacial score (nSPS) is 28.5. The van der Waals surface area contributed by atoms with E-state index in [1.54, 1.807) is 6.20 Å². The molecule has 0 bridgehead atoms. The zero-order valence-corrected chi connectivity index (χ0v) is 12.0. The van der Waals surface area contributed by atoms with Gasteiger partial charge in [0.2, 0.25) is 0 Å². The number of amides is 1. The van der Waals surface area contributed by atoms with Gasteiger partial charge < -0.3 is 4.74 Å². The quantitative estimate of drug-likeness (QED) is 0.860. The zero-order chi connectivity index (χ0) is 13.9. The number of thioether (sulfide) groups is 1. The molecule has 0 spiro atoms. The molecule has 1 N–H and O–H groups in total. The van der Waals surface area contributed by atoms with Gasteiger partial charge in [0, 0.05) is 29.5 Å². The molecule has 1 aromatic heterocycles. The maximum absolute atomic E-state index is 12.2. The minimum atomic E-state index is -0.249. The van der Waals surface area contributed by atoms with Crippen LogP contribution in [0.2, 0.25) is 0 Å². The first-order valence-electron chi connectivity index (χ1n) is 6.55. The molecule has 6 heteroatoms. The van der Waals surface area contributed by atoms with Gasteiger partial charge in [-0.25, -0.2) is 4.99 Å². The number of nitrogens with zero attached hydrogens (tertiary/aromatic N) is 2. The third-order valence-electron chi connectivity index (χ3n) is 3.78. The molecule has 0 radical (unpaired) electrons. The van der Waals surface area contributed by atoms with Gasteiger partial charge in [-0.2, -0.15) is 5.10 Å². The second kappa shape index (κ2) is 4.09. The van der Waals surface area contributed by atoms with Crippen molar-refractivity contribution >= 4 is 28.3 Å². The highest BCUT2D eigenvalue weighted by atomic mass is 32.2. The van der Waals surface area contributed by atoms with Crippen LogP contribution in [0, 0.1) is 0 Å². The fourth-order valence-electron chi connectivity index (χ4n) is 2.91. The lowest BCUT2D eigenvalue weighted by atomic mass is 9.89. The second-order valence-electron chi connectivity index (χ2n) is 5.20. The number of aromatic nitrogens is 2. The summed E-state index contributed by atoms with van der Waals surface area (Å²) in [5, 5.41) is 6.55. The molecular weight excluding hydrogens is 274 g/mol. The van der Waals surface area contributed by atoms with Crippen molar-refractivity contribution in [2.24, 2.45) is 4.99 Å². The van der Waals surface area contributed by atoms with Gasteiger partial charge in [0.05, 0.1) is 11.1 Å². The van der Waals surface area contributed by atoms with Crippen LogP contribution in [0.1, 0.15) is 25.8 Å². The van der Waals surface area contributed by atoms with E-state index >= 15 is 0 Å². The Labute approximate surface area is 120 Å². The van der Waals surface area contributed by atoms with E-state index in [0.29, 0.717) is 0 Å². The van der Waals surface area contributed by atoms with E-state index in [4.69, 9.17) is 4.74 Å². The van der Waals surface area contributed by atoms with Gasteiger partial charge in [-0.1, -0.05) is 0 Å². The van der Waals surface area contributed by atoms with Gasteiger partial charge in [0.25, 0.3) is 5.91 Å². The number of allylic oxidation sites excluding steroid dienone is 1. The van der Waals surface area contributed by atoms with Gasteiger partial charge in [-0.3, -0.25) is 9.89 Å². The fraction of sp³-hybridized carbons (Fsp3) is 0.357. The molecule has 0 saturated carbocycles. The lowest BCUT2D eigenvalue weighted by molar-refractivity contribution is -0.116. The molecule has 20 heavy (non-hydrogen) atoms. The van der Waals surface area contributed by atoms with Crippen molar-refractivity contribution < 1.29 is 9.53 Å². The van der Waals surface area contributed by atoms with E-state index in [1.165, 1.54) is 17.3 Å². The lowest BCUT2D eigenvalue weighted by Gasteiger charge is -2.29. The summed E-state index contributed by atoms with van der Waals surface area (Å²) in [6.45, 7) is 3.96. The molecule has 1 amide bonds. The predicted octanol–water partition coefficient (Wildman–Crippen LogP) is 2.30. The van der Waals surface area contributed by atoms with E-state index in [1.807, 2.05) is 20.0 Å². The van der Waals surface area contributed by atoms with E-state index in [0.717, 1.165) is 33.9 Å². The maximum Gasteiger partial charge on any atom is 0.264 e. The van der Waals surface area contributed by atoms with Crippen molar-refractivity contribution in [1.29, 1.82) is 0 Å². The maximum atomic E-state index is 12.2. The number of aliphatic imine (C=N–C) groups is 1. The Morgan fingerprint density at radius 3 is 3.10 bits per heavy atom. The number of dihydropyridines is 1. The summed E-state index contributed by atoms with van der Waals surface area (Å²) < 4.78 is 6.03. The van der Waals surface area contributed by atoms with E-state index in [2.05, 4.69) is 15.2 Å². The number of hydrogen-bond acceptors (Lipinski definition) is 4. The van der Waals surface area contributed by atoms with Crippen molar-refractivity contribution in [1.82, 2.24) is 10.2 Å². The van der Waals surface area contributed by atoms with Crippen LogP contribution in [0.3, 0.4) is 0 Å². The second-order valence-corrected chi connectivity index (χ2v) is 6.32. The average Bonchev–Trinajstić information content (AvgIpc) is 3.02. The van der Waals surface area contributed by atoms with Crippen molar-refractivity contribution in [3.8, 4) is 0 Å². The highest BCUT2D eigenvalue weighted by Gasteiger charge is 2.44. The third-order valence-corrected chi connectivity index (χ3v) is 5.11. The summed E-state index contributed by atoms with van der Waals surface area (Å²) in [5.74, 6) is 0.762. The first-order chi connectivity index (χ1) is 9.65. The Balaban J connectivity index is 1.94. The standard InChI is InChI=1S/C14H13N3O2S/c1-6-3-9-7(2)17-14(18)13-10(9)11(19-6)12(20-13)8-4-15-16-5-8/h4-6,13H,3H2,1-2H3,(H,15,16). The van der Waals surface area contributed by atoms with Crippen molar-refractivity contribution in [2.75, 3.05) is 0 Å². The Morgan fingerprint density at radius 2 is 2.35 bits per heavy atom. The summed E-state index contributed by atoms with van der Waals surface area (Å²) in [7, 11) is 0. The highest BCUT2D eigenvalue weighted by Crippen LogP contribution is 2.53. The van der Waals surface area contributed by atoms with Crippen LogP contribution >= 0.6 is 11.8 Å². The summed E-state index contributed by atoms with van der Waals surface area (Å²) >= 11 is 1.52. The molecule has 2 atom stereocenters. The Morgan fingerprint density at radius 1 is 1.50 bits per heavy atom. The molecule has 4 heterocycles. The number of rotatable bonds is 1.